The largest absolute Gasteiger partial charge is 0.297 e. The summed E-state index contributed by atoms with van der Waals surface area (Å²) in [7, 11) is 0. The molecule has 10 heteroatoms. The third-order valence-electron chi connectivity index (χ3n) is 3.07. The molecule has 1 atom stereocenters. The first-order chi connectivity index (χ1) is 11.5. The van der Waals surface area contributed by atoms with Gasteiger partial charge in [0.25, 0.3) is 0 Å². The molecule has 3 heterocycles. The van der Waals surface area contributed by atoms with Gasteiger partial charge in [-0.1, -0.05) is 35.0 Å². The van der Waals surface area contributed by atoms with Crippen molar-refractivity contribution in [1.82, 2.24) is 19.6 Å². The van der Waals surface area contributed by atoms with Crippen molar-refractivity contribution in [2.75, 3.05) is 5.75 Å². The summed E-state index contributed by atoms with van der Waals surface area (Å²) < 4.78 is 1.62. The number of carbonyl (C=O) groups is 1. The van der Waals surface area contributed by atoms with Crippen LogP contribution >= 0.6 is 46.3 Å². The van der Waals surface area contributed by atoms with E-state index in [4.69, 9.17) is 23.2 Å². The number of halogens is 2. The highest BCUT2D eigenvalue weighted by molar-refractivity contribution is 7.99. The molecule has 0 aliphatic heterocycles. The van der Waals surface area contributed by atoms with Gasteiger partial charge in [0.2, 0.25) is 0 Å². The van der Waals surface area contributed by atoms with Crippen molar-refractivity contribution in [3.63, 3.8) is 0 Å². The summed E-state index contributed by atoms with van der Waals surface area (Å²) in [5.74, 6) is -1.04. The van der Waals surface area contributed by atoms with Crippen molar-refractivity contribution < 1.29 is 4.79 Å². The lowest BCUT2D eigenvalue weighted by atomic mass is 10.1. The molecule has 0 N–H and O–H groups in total. The molecule has 0 unspecified atom stereocenters. The predicted octanol–water partition coefficient (Wildman–Crippen LogP) is 3.77. The summed E-state index contributed by atoms with van der Waals surface area (Å²) in [6.07, 6.45) is 1.63. The van der Waals surface area contributed by atoms with E-state index in [2.05, 4.69) is 15.2 Å². The summed E-state index contributed by atoms with van der Waals surface area (Å²) >= 11 is 14.5. The molecule has 0 saturated carbocycles. The normalized spacial score (nSPS) is 12.2. The average molecular weight is 398 g/mol. The van der Waals surface area contributed by atoms with Gasteiger partial charge >= 0.3 is 0 Å². The second-order valence-electron chi connectivity index (χ2n) is 4.83. The number of nitriles is 1. The van der Waals surface area contributed by atoms with Gasteiger partial charge in [-0.3, -0.25) is 9.20 Å². The van der Waals surface area contributed by atoms with Gasteiger partial charge in [-0.15, -0.1) is 21.5 Å². The zero-order valence-electron chi connectivity index (χ0n) is 12.2. The molecule has 0 saturated heterocycles. The smallest absolute Gasteiger partial charge is 0.196 e. The molecule has 3 rings (SSSR count). The highest BCUT2D eigenvalue weighted by atomic mass is 35.5. The minimum absolute atomic E-state index is 0.0712. The van der Waals surface area contributed by atoms with Gasteiger partial charge in [-0.2, -0.15) is 5.26 Å². The van der Waals surface area contributed by atoms with Crippen molar-refractivity contribution in [2.24, 2.45) is 0 Å². The molecule has 3 aromatic heterocycles. The lowest BCUT2D eigenvalue weighted by Gasteiger charge is -2.04. The monoisotopic (exact) mass is 397 g/mol. The van der Waals surface area contributed by atoms with E-state index in [9.17, 15) is 10.1 Å². The Balaban J connectivity index is 1.78. The summed E-state index contributed by atoms with van der Waals surface area (Å²) in [5.41, 5.74) is 1.26. The van der Waals surface area contributed by atoms with Crippen molar-refractivity contribution >= 4 is 57.7 Å². The minimum atomic E-state index is -0.873. The standard InChI is InChI=1S/C14H9Cl2N5OS2/c1-7-5-23-13(18-7)9(3-17)11(22)6-24-14-20-19-12-10(16)2-8(15)4-21(12)14/h2,4-5,9H,6H2,1H3/t9-/m1/s1. The van der Waals surface area contributed by atoms with Gasteiger partial charge in [0, 0.05) is 17.3 Å². The van der Waals surface area contributed by atoms with Crippen LogP contribution in [0.25, 0.3) is 5.65 Å². The number of thiazole rings is 1. The van der Waals surface area contributed by atoms with Crippen molar-refractivity contribution in [1.29, 1.82) is 5.26 Å². The fourth-order valence-corrected chi connectivity index (χ4v) is 4.17. The summed E-state index contributed by atoms with van der Waals surface area (Å²) in [5, 5.41) is 20.9. The predicted molar refractivity (Wildman–Crippen MR) is 93.9 cm³/mol. The number of ketones is 1. The third-order valence-corrected chi connectivity index (χ3v) is 5.55. The first-order valence-electron chi connectivity index (χ1n) is 6.66. The molecule has 0 fully saturated rings. The zero-order chi connectivity index (χ0) is 17.3. The van der Waals surface area contributed by atoms with E-state index in [1.807, 2.05) is 18.4 Å². The van der Waals surface area contributed by atoms with Crippen LogP contribution in [0.4, 0.5) is 0 Å². The number of thioether (sulfide) groups is 1. The van der Waals surface area contributed by atoms with Crippen LogP contribution in [0.2, 0.25) is 10.0 Å². The second kappa shape index (κ2) is 7.07. The Labute approximate surface area is 155 Å². The van der Waals surface area contributed by atoms with Crippen molar-refractivity contribution in [3.05, 3.63) is 38.4 Å². The van der Waals surface area contributed by atoms with Crippen LogP contribution in [0.1, 0.15) is 16.6 Å². The third kappa shape index (κ3) is 3.39. The maximum atomic E-state index is 12.4. The van der Waals surface area contributed by atoms with Gasteiger partial charge in [-0.05, 0) is 13.0 Å². The van der Waals surface area contributed by atoms with Gasteiger partial charge < -0.3 is 0 Å². The Bertz CT molecular complexity index is 962. The Kier molecular flexibility index (Phi) is 5.06. The molecule has 0 bridgehead atoms. The van der Waals surface area contributed by atoms with Crippen LogP contribution in [-0.4, -0.2) is 31.1 Å². The number of Topliss-reactive ketones (excluding diaryl/α,β-unsaturated/α-hetero) is 1. The van der Waals surface area contributed by atoms with E-state index in [0.29, 0.717) is 25.9 Å². The number of pyridine rings is 1. The number of carbonyl (C=O) groups excluding carboxylic acids is 1. The van der Waals surface area contributed by atoms with Crippen molar-refractivity contribution in [3.8, 4) is 6.07 Å². The van der Waals surface area contributed by atoms with E-state index < -0.39 is 5.92 Å². The van der Waals surface area contributed by atoms with E-state index in [1.54, 1.807) is 16.7 Å². The average Bonchev–Trinajstić information content (AvgIpc) is 3.13. The molecule has 6 nitrogen and oxygen atoms in total. The van der Waals surface area contributed by atoms with Crippen molar-refractivity contribution in [2.45, 2.75) is 18.0 Å². The Morgan fingerprint density at radius 1 is 1.50 bits per heavy atom. The molecular formula is C14H9Cl2N5OS2. The van der Waals surface area contributed by atoms with E-state index in [-0.39, 0.29) is 11.5 Å². The number of rotatable bonds is 5. The van der Waals surface area contributed by atoms with Crippen LogP contribution in [0.5, 0.6) is 0 Å². The molecule has 122 valence electrons. The van der Waals surface area contributed by atoms with Crippen LogP contribution in [0, 0.1) is 18.3 Å². The Morgan fingerprint density at radius 2 is 2.29 bits per heavy atom. The number of fused-ring (bicyclic) bond motifs is 1. The molecule has 0 spiro atoms. The van der Waals surface area contributed by atoms with Gasteiger partial charge in [-0.25, -0.2) is 4.98 Å². The van der Waals surface area contributed by atoms with Crippen LogP contribution in [0.15, 0.2) is 22.8 Å². The molecule has 0 aromatic carbocycles. The van der Waals surface area contributed by atoms with Gasteiger partial charge in [0.15, 0.2) is 22.5 Å². The summed E-state index contributed by atoms with van der Waals surface area (Å²) in [4.78, 5) is 16.6. The molecular weight excluding hydrogens is 389 g/mol. The number of aromatic nitrogens is 4. The SMILES string of the molecule is Cc1csc([C@H](C#N)C(=O)CSc2nnc3c(Cl)cc(Cl)cn23)n1. The zero-order valence-corrected chi connectivity index (χ0v) is 15.4. The van der Waals surface area contributed by atoms with Gasteiger partial charge in [0.1, 0.15) is 5.01 Å². The summed E-state index contributed by atoms with van der Waals surface area (Å²) in [6, 6.07) is 3.59. The maximum Gasteiger partial charge on any atom is 0.196 e. The molecule has 0 aliphatic carbocycles. The number of hydrogen-bond donors (Lipinski definition) is 0. The van der Waals surface area contributed by atoms with Crippen LogP contribution in [-0.2, 0) is 4.79 Å². The van der Waals surface area contributed by atoms with Crippen LogP contribution < -0.4 is 0 Å². The van der Waals surface area contributed by atoms with E-state index >= 15 is 0 Å². The number of nitrogens with zero attached hydrogens (tertiary/aromatic N) is 5. The minimum Gasteiger partial charge on any atom is -0.297 e. The quantitative estimate of drug-likeness (QED) is 0.609. The molecule has 0 amide bonds. The fraction of sp³-hybridized carbons (Fsp3) is 0.214. The van der Waals surface area contributed by atoms with E-state index in [0.717, 1.165) is 5.69 Å². The molecule has 0 radical (unpaired) electrons. The fourth-order valence-electron chi connectivity index (χ4n) is 1.99. The molecule has 24 heavy (non-hydrogen) atoms. The molecule has 3 aromatic rings. The summed E-state index contributed by atoms with van der Waals surface area (Å²) in [6.45, 7) is 1.82. The Hall–Kier alpha value is -1.66. The lowest BCUT2D eigenvalue weighted by Crippen LogP contribution is -2.13. The highest BCUT2D eigenvalue weighted by Crippen LogP contribution is 2.27. The first kappa shape index (κ1) is 17.2. The second-order valence-corrected chi connectivity index (χ2v) is 7.50. The van der Waals surface area contributed by atoms with E-state index in [1.165, 1.54) is 23.1 Å². The number of hydrogen-bond acceptors (Lipinski definition) is 7. The lowest BCUT2D eigenvalue weighted by molar-refractivity contribution is -0.116. The highest BCUT2D eigenvalue weighted by Gasteiger charge is 2.24. The number of aryl methyl sites for hydroxylation is 1. The Morgan fingerprint density at radius 3 is 2.96 bits per heavy atom. The topological polar surface area (TPSA) is 83.9 Å². The molecule has 0 aliphatic rings. The van der Waals surface area contributed by atoms with Gasteiger partial charge in [0.05, 0.1) is 21.9 Å². The maximum absolute atomic E-state index is 12.4. The first-order valence-corrected chi connectivity index (χ1v) is 9.28. The van der Waals surface area contributed by atoms with Crippen LogP contribution in [0.3, 0.4) is 0 Å².